The molecule has 0 fully saturated rings. The minimum Gasteiger partial charge on any atom is -0.475 e. The summed E-state index contributed by atoms with van der Waals surface area (Å²) in [6.45, 7) is 0.445. The molecule has 0 amide bonds. The van der Waals surface area contributed by atoms with Gasteiger partial charge < -0.3 is 5.11 Å². The van der Waals surface area contributed by atoms with Gasteiger partial charge in [-0.2, -0.15) is 0 Å². The smallest absolute Gasteiger partial charge is 0.375 e. The Morgan fingerprint density at radius 2 is 2.31 bits per heavy atom. The van der Waals surface area contributed by atoms with Crippen LogP contribution in [-0.2, 0) is 6.54 Å². The van der Waals surface area contributed by atoms with E-state index in [-0.39, 0.29) is 5.82 Å². The van der Waals surface area contributed by atoms with Crippen LogP contribution in [0.5, 0.6) is 0 Å². The van der Waals surface area contributed by atoms with Gasteiger partial charge in [0.25, 0.3) is 5.82 Å². The number of aromatic carboxylic acids is 1. The lowest BCUT2D eigenvalue weighted by Gasteiger charge is -2.00. The Labute approximate surface area is 96.3 Å². The second-order valence-electron chi connectivity index (χ2n) is 3.20. The zero-order valence-electron chi connectivity index (χ0n) is 8.17. The van der Waals surface area contributed by atoms with E-state index in [1.54, 1.807) is 12.1 Å². The number of hydrogen-bond acceptors (Lipinski definition) is 3. The standard InChI is InChI=1S/C10H8ClN3O2/c11-8-3-1-2-7(4-8)5-14-6-12-9(13-14)10(15)16/h1-4,6H,5H2,(H,15,16). The first-order valence-electron chi connectivity index (χ1n) is 4.52. The molecule has 16 heavy (non-hydrogen) atoms. The molecule has 0 unspecified atom stereocenters. The lowest BCUT2D eigenvalue weighted by Crippen LogP contribution is -2.04. The summed E-state index contributed by atoms with van der Waals surface area (Å²) in [5.41, 5.74) is 0.939. The predicted molar refractivity (Wildman–Crippen MR) is 57.5 cm³/mol. The van der Waals surface area contributed by atoms with Gasteiger partial charge in [-0.05, 0) is 17.7 Å². The van der Waals surface area contributed by atoms with Gasteiger partial charge in [0.2, 0.25) is 0 Å². The van der Waals surface area contributed by atoms with Crippen LogP contribution in [0.1, 0.15) is 16.2 Å². The molecular formula is C10H8ClN3O2. The number of halogens is 1. The highest BCUT2D eigenvalue weighted by atomic mass is 35.5. The zero-order chi connectivity index (χ0) is 11.5. The summed E-state index contributed by atoms with van der Waals surface area (Å²) in [5, 5.41) is 13.1. The lowest BCUT2D eigenvalue weighted by atomic mass is 10.2. The van der Waals surface area contributed by atoms with Crippen molar-refractivity contribution >= 4 is 17.6 Å². The minimum atomic E-state index is -1.13. The number of carboxylic acid groups (broad SMARTS) is 1. The molecule has 2 rings (SSSR count). The first-order valence-corrected chi connectivity index (χ1v) is 4.90. The molecule has 0 saturated heterocycles. The van der Waals surface area contributed by atoms with E-state index in [0.717, 1.165) is 5.56 Å². The fraction of sp³-hybridized carbons (Fsp3) is 0.100. The molecule has 82 valence electrons. The van der Waals surface area contributed by atoms with E-state index >= 15 is 0 Å². The monoisotopic (exact) mass is 237 g/mol. The molecule has 2 aromatic rings. The molecule has 0 bridgehead atoms. The van der Waals surface area contributed by atoms with Gasteiger partial charge in [0.1, 0.15) is 6.33 Å². The van der Waals surface area contributed by atoms with Crippen LogP contribution in [-0.4, -0.2) is 25.8 Å². The van der Waals surface area contributed by atoms with Crippen molar-refractivity contribution < 1.29 is 9.90 Å². The normalized spacial score (nSPS) is 10.3. The third-order valence-corrected chi connectivity index (χ3v) is 2.20. The van der Waals surface area contributed by atoms with Gasteiger partial charge in [-0.1, -0.05) is 23.7 Å². The van der Waals surface area contributed by atoms with Crippen molar-refractivity contribution in [3.8, 4) is 0 Å². The molecule has 1 aromatic heterocycles. The summed E-state index contributed by atoms with van der Waals surface area (Å²) >= 11 is 5.83. The predicted octanol–water partition coefficient (Wildman–Crippen LogP) is 1.68. The average molecular weight is 238 g/mol. The van der Waals surface area contributed by atoms with Gasteiger partial charge in [-0.3, -0.25) is 0 Å². The van der Waals surface area contributed by atoms with Crippen molar-refractivity contribution in [2.75, 3.05) is 0 Å². The number of carboxylic acids is 1. The van der Waals surface area contributed by atoms with Crippen molar-refractivity contribution in [2.24, 2.45) is 0 Å². The Morgan fingerprint density at radius 3 is 2.94 bits per heavy atom. The summed E-state index contributed by atoms with van der Waals surface area (Å²) in [6.07, 6.45) is 1.38. The molecule has 0 spiro atoms. The highest BCUT2D eigenvalue weighted by molar-refractivity contribution is 6.30. The average Bonchev–Trinajstić information content (AvgIpc) is 2.66. The summed E-state index contributed by atoms with van der Waals surface area (Å²) < 4.78 is 1.45. The van der Waals surface area contributed by atoms with Gasteiger partial charge in [0.05, 0.1) is 6.54 Å². The molecule has 6 heteroatoms. The second-order valence-corrected chi connectivity index (χ2v) is 3.64. The van der Waals surface area contributed by atoms with Crippen molar-refractivity contribution in [1.29, 1.82) is 0 Å². The molecule has 0 atom stereocenters. The van der Waals surface area contributed by atoms with Gasteiger partial charge >= 0.3 is 5.97 Å². The molecule has 1 N–H and O–H groups in total. The molecule has 1 aromatic carbocycles. The maximum Gasteiger partial charge on any atom is 0.375 e. The Bertz CT molecular complexity index is 524. The second kappa shape index (κ2) is 4.32. The molecule has 0 saturated carbocycles. The van der Waals surface area contributed by atoms with Gasteiger partial charge in [-0.15, -0.1) is 5.10 Å². The van der Waals surface area contributed by atoms with Crippen LogP contribution in [0.15, 0.2) is 30.6 Å². The number of nitrogens with zero attached hydrogens (tertiary/aromatic N) is 3. The Kier molecular flexibility index (Phi) is 2.87. The molecule has 0 aliphatic carbocycles. The SMILES string of the molecule is O=C(O)c1ncn(Cc2cccc(Cl)c2)n1. The highest BCUT2D eigenvalue weighted by Gasteiger charge is 2.08. The number of carbonyl (C=O) groups is 1. The lowest BCUT2D eigenvalue weighted by molar-refractivity contribution is 0.0683. The van der Waals surface area contributed by atoms with Gasteiger partial charge in [0.15, 0.2) is 0 Å². The molecule has 0 radical (unpaired) electrons. The molecule has 0 aliphatic rings. The van der Waals surface area contributed by atoms with E-state index in [2.05, 4.69) is 10.1 Å². The zero-order valence-corrected chi connectivity index (χ0v) is 8.92. The van der Waals surface area contributed by atoms with E-state index in [9.17, 15) is 4.79 Å². The van der Waals surface area contributed by atoms with E-state index < -0.39 is 5.97 Å². The quantitative estimate of drug-likeness (QED) is 0.882. The van der Waals surface area contributed by atoms with Crippen LogP contribution in [0.3, 0.4) is 0 Å². The van der Waals surface area contributed by atoms with Crippen molar-refractivity contribution in [1.82, 2.24) is 14.8 Å². The van der Waals surface area contributed by atoms with Crippen molar-refractivity contribution in [3.63, 3.8) is 0 Å². The van der Waals surface area contributed by atoms with Crippen LogP contribution in [0.4, 0.5) is 0 Å². The topological polar surface area (TPSA) is 68.0 Å². The number of benzene rings is 1. The highest BCUT2D eigenvalue weighted by Crippen LogP contribution is 2.11. The Morgan fingerprint density at radius 1 is 1.50 bits per heavy atom. The molecule has 5 nitrogen and oxygen atoms in total. The number of aromatic nitrogens is 3. The van der Waals surface area contributed by atoms with Crippen LogP contribution >= 0.6 is 11.6 Å². The van der Waals surface area contributed by atoms with Crippen LogP contribution < -0.4 is 0 Å². The number of rotatable bonds is 3. The van der Waals surface area contributed by atoms with Crippen LogP contribution in [0.25, 0.3) is 0 Å². The summed E-state index contributed by atoms with van der Waals surface area (Å²) in [5.74, 6) is -1.34. The Balaban J connectivity index is 2.17. The van der Waals surface area contributed by atoms with Crippen molar-refractivity contribution in [3.05, 3.63) is 47.0 Å². The third kappa shape index (κ3) is 2.38. The van der Waals surface area contributed by atoms with E-state index in [1.165, 1.54) is 11.0 Å². The van der Waals surface area contributed by atoms with Gasteiger partial charge in [0, 0.05) is 5.02 Å². The molecule has 1 heterocycles. The fourth-order valence-electron chi connectivity index (χ4n) is 1.29. The fourth-order valence-corrected chi connectivity index (χ4v) is 1.50. The number of hydrogen-bond donors (Lipinski definition) is 1. The van der Waals surface area contributed by atoms with E-state index in [4.69, 9.17) is 16.7 Å². The van der Waals surface area contributed by atoms with E-state index in [0.29, 0.717) is 11.6 Å². The van der Waals surface area contributed by atoms with E-state index in [1.807, 2.05) is 12.1 Å². The minimum absolute atomic E-state index is 0.206. The maximum atomic E-state index is 10.6. The first-order chi connectivity index (χ1) is 7.65. The van der Waals surface area contributed by atoms with Crippen molar-refractivity contribution in [2.45, 2.75) is 6.54 Å². The Hall–Kier alpha value is -1.88. The van der Waals surface area contributed by atoms with Crippen LogP contribution in [0.2, 0.25) is 5.02 Å². The maximum absolute atomic E-state index is 10.6. The molecular weight excluding hydrogens is 230 g/mol. The van der Waals surface area contributed by atoms with Crippen LogP contribution in [0, 0.1) is 0 Å². The third-order valence-electron chi connectivity index (χ3n) is 1.96. The summed E-state index contributed by atoms with van der Waals surface area (Å²) in [6, 6.07) is 7.28. The summed E-state index contributed by atoms with van der Waals surface area (Å²) in [7, 11) is 0. The molecule has 0 aliphatic heterocycles. The van der Waals surface area contributed by atoms with Gasteiger partial charge in [-0.25, -0.2) is 14.5 Å². The largest absolute Gasteiger partial charge is 0.475 e. The summed E-state index contributed by atoms with van der Waals surface area (Å²) in [4.78, 5) is 14.2. The first kappa shape index (κ1) is 10.6.